The zero-order chi connectivity index (χ0) is 58.3. The highest BCUT2D eigenvalue weighted by atomic mass is 19.4. The van der Waals surface area contributed by atoms with Gasteiger partial charge in [0.25, 0.3) is 0 Å². The summed E-state index contributed by atoms with van der Waals surface area (Å²) in [5.41, 5.74) is -8.27. The lowest BCUT2D eigenvalue weighted by Gasteiger charge is -2.43. The molecule has 75 heavy (non-hydrogen) atoms. The normalized spacial score (nSPS) is 17.4. The van der Waals surface area contributed by atoms with Crippen LogP contribution in [0.3, 0.4) is 0 Å². The Hall–Kier alpha value is -2.40. The molecule has 0 N–H and O–H groups in total. The van der Waals surface area contributed by atoms with E-state index in [1.54, 1.807) is 0 Å². The van der Waals surface area contributed by atoms with E-state index in [2.05, 4.69) is 37.9 Å². The lowest BCUT2D eigenvalue weighted by atomic mass is 9.77. The lowest BCUT2D eigenvalue weighted by Crippen LogP contribution is -2.53. The minimum absolute atomic E-state index is 0.172. The quantitative estimate of drug-likeness (QED) is 0.0553. The third kappa shape index (κ3) is 22.3. The van der Waals surface area contributed by atoms with Crippen LogP contribution in [-0.4, -0.2) is 187 Å². The average Bonchev–Trinajstić information content (AvgIpc) is 3.26. The first-order chi connectivity index (χ1) is 33.9. The fourth-order valence-electron chi connectivity index (χ4n) is 5.70. The van der Waals surface area contributed by atoms with Crippen LogP contribution in [0.15, 0.2) is 0 Å². The fourth-order valence-corrected chi connectivity index (χ4v) is 5.70. The minimum Gasteiger partial charge on any atom is -0.384 e. The van der Waals surface area contributed by atoms with E-state index in [1.807, 2.05) is 0 Å². The molecule has 2 aliphatic heterocycles. The van der Waals surface area contributed by atoms with Crippen molar-refractivity contribution in [2.45, 2.75) is 107 Å². The summed E-state index contributed by atoms with van der Waals surface area (Å²) in [6, 6.07) is 0. The molecular weight excluding hydrogens is 1140 g/mol. The highest BCUT2D eigenvalue weighted by Gasteiger charge is 2.54. The smallest absolute Gasteiger partial charge is 0.384 e. The third-order valence-corrected chi connectivity index (χ3v) is 10.1. The van der Waals surface area contributed by atoms with Crippen LogP contribution >= 0.6 is 0 Å². The monoisotopic (exact) mass is 1180 g/mol. The van der Waals surface area contributed by atoms with Gasteiger partial charge in [0, 0.05) is 17.9 Å². The molecule has 450 valence electrons. The molecule has 2 rings (SSSR count). The lowest BCUT2D eigenvalue weighted by molar-refractivity contribution is -0.352. The standard InChI is InChI=1S/C18H20F16O6.C18H24F12O5/c19-9(20)15(27,28)37-5-13(1-35-2-13)3-36-4-14(6-38-16(29,30)10(21)22,7-39-17(31,32)11(23)24)8-40-18(33,34)12(25)26;1-31-5-14(8-33-16(25,26)11(19)20,9-34-17(27,28)12(21)22)3-2-4-15(6-32-7-15)10-35-18(29,30)13(23)24/h9-12H,1-8H2;11-13H,2-10H2,1H3. The van der Waals surface area contributed by atoms with Crippen molar-refractivity contribution in [3.63, 3.8) is 0 Å². The number of ether oxygens (including phenoxy) is 11. The van der Waals surface area contributed by atoms with Gasteiger partial charge >= 0.3 is 87.7 Å². The van der Waals surface area contributed by atoms with Crippen molar-refractivity contribution < 1.29 is 175 Å². The van der Waals surface area contributed by atoms with Gasteiger partial charge in [-0.3, -0.25) is 0 Å². The largest absolute Gasteiger partial charge is 0.416 e. The van der Waals surface area contributed by atoms with Gasteiger partial charge in [-0.15, -0.1) is 0 Å². The number of halogens is 28. The summed E-state index contributed by atoms with van der Waals surface area (Å²) in [6.45, 7) is -16.3. The van der Waals surface area contributed by atoms with E-state index in [1.165, 1.54) is 0 Å². The second kappa shape index (κ2) is 28.1. The average molecular weight is 1180 g/mol. The van der Waals surface area contributed by atoms with Gasteiger partial charge in [0.1, 0.15) is 0 Å². The molecule has 2 heterocycles. The molecule has 0 aliphatic carbocycles. The molecule has 0 radical (unpaired) electrons. The second-order valence-electron chi connectivity index (χ2n) is 16.8. The van der Waals surface area contributed by atoms with Crippen molar-refractivity contribution in [1.82, 2.24) is 0 Å². The highest BCUT2D eigenvalue weighted by molar-refractivity contribution is 4.90. The van der Waals surface area contributed by atoms with Crippen LogP contribution in [0, 0.1) is 21.7 Å². The van der Waals surface area contributed by atoms with Crippen molar-refractivity contribution >= 4 is 0 Å². The Kier molecular flexibility index (Phi) is 26.5. The van der Waals surface area contributed by atoms with Gasteiger partial charge in [0.15, 0.2) is 0 Å². The van der Waals surface area contributed by atoms with E-state index in [0.717, 1.165) is 7.11 Å². The van der Waals surface area contributed by atoms with E-state index in [4.69, 9.17) is 14.2 Å². The first-order valence-electron chi connectivity index (χ1n) is 20.3. The maximum Gasteiger partial charge on any atom is 0.416 e. The molecule has 0 aromatic rings. The molecule has 2 fully saturated rings. The number of rotatable bonds is 38. The maximum atomic E-state index is 13.3. The molecule has 0 atom stereocenters. The van der Waals surface area contributed by atoms with Crippen LogP contribution in [0.4, 0.5) is 123 Å². The molecule has 11 nitrogen and oxygen atoms in total. The Labute approximate surface area is 403 Å². The molecule has 2 aliphatic rings. The van der Waals surface area contributed by atoms with Crippen LogP contribution in [-0.2, 0) is 52.1 Å². The zero-order valence-corrected chi connectivity index (χ0v) is 37.6. The van der Waals surface area contributed by atoms with E-state index >= 15 is 0 Å². The van der Waals surface area contributed by atoms with Crippen molar-refractivity contribution in [3.8, 4) is 0 Å². The first-order valence-corrected chi connectivity index (χ1v) is 20.3. The summed E-state index contributed by atoms with van der Waals surface area (Å²) in [7, 11) is 0.965. The molecule has 0 aromatic heterocycles. The SMILES string of the molecule is COCC(CCCC1(COC(F)(F)C(F)F)COC1)(COC(F)(F)C(F)F)COC(F)(F)C(F)F.FC(F)C(F)(F)OCC1(COCC(COC(F)(F)C(F)F)(COC(F)(F)C(F)F)COC(F)(F)C(F)F)COC1. The molecule has 0 spiro atoms. The van der Waals surface area contributed by atoms with Crippen LogP contribution in [0.25, 0.3) is 0 Å². The van der Waals surface area contributed by atoms with Gasteiger partial charge in [0.2, 0.25) is 0 Å². The second-order valence-corrected chi connectivity index (χ2v) is 16.8. The topological polar surface area (TPSA) is 102 Å². The first kappa shape index (κ1) is 70.6. The fraction of sp³-hybridized carbons (Fsp3) is 1.00. The zero-order valence-electron chi connectivity index (χ0n) is 37.6. The molecule has 0 saturated carbocycles. The van der Waals surface area contributed by atoms with E-state index in [0.29, 0.717) is 0 Å². The number of alkyl halides is 28. The van der Waals surface area contributed by atoms with Crippen molar-refractivity contribution in [2.75, 3.05) is 99.6 Å². The summed E-state index contributed by atoms with van der Waals surface area (Å²) in [6.07, 6.45) is -68.0. The van der Waals surface area contributed by atoms with E-state index in [9.17, 15) is 123 Å². The summed E-state index contributed by atoms with van der Waals surface area (Å²) in [5, 5.41) is 0. The van der Waals surface area contributed by atoms with Crippen molar-refractivity contribution in [1.29, 1.82) is 0 Å². The van der Waals surface area contributed by atoms with E-state index < -0.39 is 195 Å². The molecule has 0 bridgehead atoms. The number of methoxy groups -OCH3 is 1. The predicted molar refractivity (Wildman–Crippen MR) is 186 cm³/mol. The summed E-state index contributed by atoms with van der Waals surface area (Å²) < 4.78 is 405. The summed E-state index contributed by atoms with van der Waals surface area (Å²) in [4.78, 5) is 0. The molecule has 0 unspecified atom stereocenters. The Morgan fingerprint density at radius 2 is 0.613 bits per heavy atom. The van der Waals surface area contributed by atoms with Gasteiger partial charge in [-0.25, -0.2) is 61.5 Å². The summed E-state index contributed by atoms with van der Waals surface area (Å²) in [5.74, 6) is 0. The van der Waals surface area contributed by atoms with Crippen molar-refractivity contribution in [3.05, 3.63) is 0 Å². The van der Waals surface area contributed by atoms with Gasteiger partial charge < -0.3 is 52.1 Å². The van der Waals surface area contributed by atoms with Gasteiger partial charge in [-0.05, 0) is 12.8 Å². The van der Waals surface area contributed by atoms with Gasteiger partial charge in [-0.2, -0.15) is 61.5 Å². The van der Waals surface area contributed by atoms with Crippen molar-refractivity contribution in [2.24, 2.45) is 21.7 Å². The maximum absolute atomic E-state index is 13.3. The molecular formula is C36H44F28O11. The van der Waals surface area contributed by atoms with Crippen LogP contribution < -0.4 is 0 Å². The Morgan fingerprint density at radius 3 is 0.867 bits per heavy atom. The van der Waals surface area contributed by atoms with Gasteiger partial charge in [-0.1, -0.05) is 6.42 Å². The number of hydrogen-bond donors (Lipinski definition) is 0. The summed E-state index contributed by atoms with van der Waals surface area (Å²) >= 11 is 0. The Morgan fingerprint density at radius 1 is 0.347 bits per heavy atom. The van der Waals surface area contributed by atoms with Crippen LogP contribution in [0.5, 0.6) is 0 Å². The molecule has 0 aromatic carbocycles. The third-order valence-electron chi connectivity index (χ3n) is 10.1. The number of hydrogen-bond acceptors (Lipinski definition) is 11. The predicted octanol–water partition coefficient (Wildman–Crippen LogP) is 10.9. The molecule has 2 saturated heterocycles. The Bertz CT molecular complexity index is 1540. The van der Waals surface area contributed by atoms with Crippen LogP contribution in [0.1, 0.15) is 19.3 Å². The molecule has 39 heteroatoms. The van der Waals surface area contributed by atoms with E-state index in [-0.39, 0.29) is 26.1 Å². The Balaban J connectivity index is 0.000000757. The highest BCUT2D eigenvalue weighted by Crippen LogP contribution is 2.42. The molecule has 0 amide bonds. The minimum atomic E-state index is -5.44. The van der Waals surface area contributed by atoms with Gasteiger partial charge in [0.05, 0.1) is 103 Å². The van der Waals surface area contributed by atoms with Crippen LogP contribution in [0.2, 0.25) is 0 Å².